The van der Waals surface area contributed by atoms with E-state index < -0.39 is 0 Å². The summed E-state index contributed by atoms with van der Waals surface area (Å²) < 4.78 is 39.1. The summed E-state index contributed by atoms with van der Waals surface area (Å²) in [6.07, 6.45) is 7.12. The van der Waals surface area contributed by atoms with Crippen molar-refractivity contribution < 1.29 is 17.7 Å². The molecule has 646 valence electrons. The number of nitrogens with zero attached hydrogens (tertiary/aromatic N) is 14. The van der Waals surface area contributed by atoms with Gasteiger partial charge in [-0.25, -0.2) is 67.9 Å². The first-order valence-corrected chi connectivity index (χ1v) is 45.8. The average molecular weight is 1770 g/mol. The molecule has 0 bridgehead atoms. The Morgan fingerprint density at radius 1 is 0.159 bits per heavy atom. The fourth-order valence-corrected chi connectivity index (χ4v) is 20.7. The minimum absolute atomic E-state index is 0.584. The van der Waals surface area contributed by atoms with E-state index in [1.54, 1.807) is 24.8 Å². The van der Waals surface area contributed by atoms with E-state index in [9.17, 15) is 0 Å². The first-order chi connectivity index (χ1) is 68.5. The van der Waals surface area contributed by atoms with Crippen molar-refractivity contribution in [2.75, 3.05) is 0 Å². The van der Waals surface area contributed by atoms with Gasteiger partial charge in [0, 0.05) is 123 Å². The zero-order chi connectivity index (χ0) is 90.6. The Labute approximate surface area is 783 Å². The Morgan fingerprint density at radius 2 is 0.391 bits per heavy atom. The summed E-state index contributed by atoms with van der Waals surface area (Å²) in [6.45, 7) is 0. The molecule has 0 saturated heterocycles. The molecule has 0 aliphatic rings. The fraction of sp³-hybridized carbons (Fsp3) is 0. The largest absolute Gasteiger partial charge is 0.436 e. The first kappa shape index (κ1) is 77.6. The molecule has 0 N–H and O–H groups in total. The Hall–Kier alpha value is -19.2. The zero-order valence-electron chi connectivity index (χ0n) is 73.5. The van der Waals surface area contributed by atoms with Crippen molar-refractivity contribution in [3.8, 4) is 90.8 Å². The highest BCUT2D eigenvalue weighted by molar-refractivity contribution is 6.20. The molecular formula is C120H72N14O4. The maximum absolute atomic E-state index is 6.37. The first-order valence-electron chi connectivity index (χ1n) is 45.8. The molecular weight excluding hydrogens is 1700 g/mol. The number of hydrogen-bond donors (Lipinski definition) is 0. The molecule has 12 heterocycles. The lowest BCUT2D eigenvalue weighted by Crippen LogP contribution is -2.10. The van der Waals surface area contributed by atoms with Crippen LogP contribution in [0, 0.1) is 0 Å². The number of oxazole rings is 4. The van der Waals surface area contributed by atoms with Gasteiger partial charge in [0.25, 0.3) is 0 Å². The van der Waals surface area contributed by atoms with Gasteiger partial charge in [0.1, 0.15) is 22.1 Å². The third-order valence-corrected chi connectivity index (χ3v) is 26.7. The summed E-state index contributed by atoms with van der Waals surface area (Å²) in [4.78, 5) is 37.2. The normalized spacial score (nSPS) is 11.9. The van der Waals surface area contributed by atoms with Gasteiger partial charge in [-0.2, -0.15) is 0 Å². The summed E-state index contributed by atoms with van der Waals surface area (Å²) in [5.74, 6) is 3.84. The van der Waals surface area contributed by atoms with E-state index in [-0.39, 0.29) is 0 Å². The molecule has 0 saturated carbocycles. The van der Waals surface area contributed by atoms with Crippen molar-refractivity contribution >= 4 is 175 Å². The number of benzene rings is 18. The van der Waals surface area contributed by atoms with Crippen molar-refractivity contribution in [2.45, 2.75) is 0 Å². The number of fused-ring (bicyclic) bond motifs is 22. The molecule has 0 amide bonds. The molecule has 0 aliphatic heterocycles. The summed E-state index contributed by atoms with van der Waals surface area (Å²) in [5.41, 5.74) is 29.8. The Kier molecular flexibility index (Phi) is 17.6. The van der Waals surface area contributed by atoms with E-state index in [0.29, 0.717) is 23.6 Å². The number of aromatic nitrogens is 14. The van der Waals surface area contributed by atoms with Gasteiger partial charge in [0.2, 0.25) is 23.6 Å². The van der Waals surface area contributed by atoms with Crippen LogP contribution in [-0.4, -0.2) is 67.9 Å². The van der Waals surface area contributed by atoms with Crippen LogP contribution in [0.4, 0.5) is 0 Å². The van der Waals surface area contributed by atoms with Crippen LogP contribution in [0.25, 0.3) is 266 Å². The Bertz CT molecular complexity index is 9440. The maximum Gasteiger partial charge on any atom is 0.229 e. The molecule has 12 aromatic heterocycles. The molecule has 0 aliphatic carbocycles. The summed E-state index contributed by atoms with van der Waals surface area (Å²) in [7, 11) is 0. The predicted molar refractivity (Wildman–Crippen MR) is 554 cm³/mol. The lowest BCUT2D eigenvalue weighted by Gasteiger charge is -2.17. The second-order valence-corrected chi connectivity index (χ2v) is 34.5. The van der Waals surface area contributed by atoms with Crippen LogP contribution in [-0.2, 0) is 0 Å². The van der Waals surface area contributed by atoms with E-state index in [2.05, 4.69) is 351 Å². The highest BCUT2D eigenvalue weighted by Crippen LogP contribution is 2.48. The Morgan fingerprint density at radius 3 is 0.710 bits per heavy atom. The molecule has 18 nitrogen and oxygen atoms in total. The van der Waals surface area contributed by atoms with E-state index in [1.165, 1.54) is 32.3 Å². The van der Waals surface area contributed by atoms with Crippen LogP contribution in [0.2, 0.25) is 0 Å². The molecule has 0 fully saturated rings. The van der Waals surface area contributed by atoms with Crippen molar-refractivity contribution in [3.63, 3.8) is 0 Å². The highest BCUT2D eigenvalue weighted by Gasteiger charge is 2.29. The van der Waals surface area contributed by atoms with Crippen LogP contribution < -0.4 is 0 Å². The lowest BCUT2D eigenvalue weighted by molar-refractivity contribution is 0.618. The van der Waals surface area contributed by atoms with Gasteiger partial charge in [-0.15, -0.1) is 0 Å². The number of hydrogen-bond acceptors (Lipinski definition) is 12. The van der Waals surface area contributed by atoms with E-state index in [0.717, 1.165) is 210 Å². The van der Waals surface area contributed by atoms with Crippen molar-refractivity contribution in [1.29, 1.82) is 0 Å². The van der Waals surface area contributed by atoms with Crippen LogP contribution >= 0.6 is 0 Å². The summed E-state index contributed by atoms with van der Waals surface area (Å²) in [5, 5.41) is 14.0. The van der Waals surface area contributed by atoms with Gasteiger partial charge in [0.05, 0.1) is 77.3 Å². The lowest BCUT2D eigenvalue weighted by atomic mass is 10.0. The van der Waals surface area contributed by atoms with Crippen molar-refractivity contribution in [3.05, 3.63) is 437 Å². The van der Waals surface area contributed by atoms with E-state index in [1.807, 2.05) is 109 Å². The number of rotatable bonds is 11. The third kappa shape index (κ3) is 12.3. The van der Waals surface area contributed by atoms with Gasteiger partial charge in [0.15, 0.2) is 34.0 Å². The minimum atomic E-state index is 0.584. The monoisotopic (exact) mass is 1770 g/mol. The van der Waals surface area contributed by atoms with Crippen LogP contribution in [0.15, 0.2) is 455 Å². The van der Waals surface area contributed by atoms with Crippen LogP contribution in [0.5, 0.6) is 0 Å². The van der Waals surface area contributed by atoms with Crippen LogP contribution in [0.3, 0.4) is 0 Å². The van der Waals surface area contributed by atoms with Gasteiger partial charge in [-0.05, 0) is 181 Å². The van der Waals surface area contributed by atoms with E-state index >= 15 is 0 Å². The molecule has 30 aromatic rings. The van der Waals surface area contributed by atoms with Gasteiger partial charge in [-0.3, -0.25) is 0 Å². The molecule has 18 heteroatoms. The highest BCUT2D eigenvalue weighted by atomic mass is 16.4. The van der Waals surface area contributed by atoms with E-state index in [4.69, 9.17) is 37.6 Å². The summed E-state index contributed by atoms with van der Waals surface area (Å²) >= 11 is 0. The topological polar surface area (TPSA) is 185 Å². The predicted octanol–water partition coefficient (Wildman–Crippen LogP) is 30.1. The second kappa shape index (κ2) is 31.2. The standard InChI is InChI=1S/C50H30N4O2.C38H22N4O2.C32H20N6/c1-5-19-43-37(11-1)39-15-9-13-35(31-23-27-33(28-24-31)49-51-41-17-3-7-21-45(41)55-49)47(39)53(43)54-44-20-6-2-12-38(44)40-16-10-14-36(48(40)54)32-25-29-34(30-26-32)50-52-42-18-4-8-22-46(42)56-50;1-5-19-31-23(11-1)25-13-9-15-27(37-39-29-17-3-7-21-33(29)43-37)35(25)41(31)42-32-20-6-2-12-24(32)26-14-10-16-28(36(26)42)38-40-30-18-4-8-22-34(30)44-38;1-3-9-27-23(7-1)25-19-21(31-33-15-5-16-34-31)11-13-29(25)37(27)38-28-10-4-2-8-24(28)26-20-22(12-14-30(26)38)32-35-17-6-18-36-32/h1-30H;1-22H;1-20H. The zero-order valence-corrected chi connectivity index (χ0v) is 73.5. The molecule has 0 radical (unpaired) electrons. The molecule has 138 heavy (non-hydrogen) atoms. The van der Waals surface area contributed by atoms with Gasteiger partial charge < -0.3 is 17.7 Å². The third-order valence-electron chi connectivity index (χ3n) is 26.7. The minimum Gasteiger partial charge on any atom is -0.436 e. The fourth-order valence-electron chi connectivity index (χ4n) is 20.7. The smallest absolute Gasteiger partial charge is 0.229 e. The molecule has 0 unspecified atom stereocenters. The van der Waals surface area contributed by atoms with Crippen molar-refractivity contribution in [2.24, 2.45) is 0 Å². The van der Waals surface area contributed by atoms with Gasteiger partial charge >= 0.3 is 0 Å². The molecule has 0 atom stereocenters. The molecule has 30 rings (SSSR count). The average Bonchev–Trinajstić information content (AvgIpc) is 1.54. The number of para-hydroxylation sites is 18. The van der Waals surface area contributed by atoms with Gasteiger partial charge in [-0.1, -0.05) is 243 Å². The van der Waals surface area contributed by atoms with Crippen molar-refractivity contribution in [1.82, 2.24) is 67.9 Å². The quantitative estimate of drug-likeness (QED) is 0.119. The molecule has 0 spiro atoms. The Balaban J connectivity index is 0.000000104. The SMILES string of the molecule is c1ccc2oc(-c3ccc(-c4cccc5c6ccccc6n(-n6c7ccccc7c7cccc(-c8ccc(-c9nc%10ccccc%10o9)cc8)c76)c45)cc3)nc2c1.c1ccc2oc(-c3cccc4c5ccccc5n(-n5c6ccccc6c6cccc(-c7nc8ccccc8o7)c65)c34)nc2c1.c1cnc(-c2ccc3c(c2)c2ccccc2n3-n2c3ccccc3c3cc(-c4ncccn4)ccc32)nc1. The maximum atomic E-state index is 6.37. The second-order valence-electron chi connectivity index (χ2n) is 34.5. The van der Waals surface area contributed by atoms with Crippen LogP contribution in [0.1, 0.15) is 0 Å². The summed E-state index contributed by atoms with van der Waals surface area (Å²) in [6, 6.07) is 143. The molecule has 18 aromatic carbocycles.